The largest absolute Gasteiger partial charge is 0.307 e. The van der Waals surface area contributed by atoms with Crippen LogP contribution in [0.2, 0.25) is 0 Å². The lowest BCUT2D eigenvalue weighted by Crippen LogP contribution is -2.24. The van der Waals surface area contributed by atoms with Crippen molar-refractivity contribution in [2.75, 3.05) is 0 Å². The van der Waals surface area contributed by atoms with E-state index in [1.807, 2.05) is 33.4 Å². The molecule has 4 heteroatoms. The molecule has 0 aliphatic carbocycles. The number of benzene rings is 2. The van der Waals surface area contributed by atoms with E-state index in [1.54, 1.807) is 18.2 Å². The van der Waals surface area contributed by atoms with Gasteiger partial charge in [0.1, 0.15) is 5.82 Å². The molecule has 3 nitrogen and oxygen atoms in total. The summed E-state index contributed by atoms with van der Waals surface area (Å²) in [6, 6.07) is 14.3. The van der Waals surface area contributed by atoms with Gasteiger partial charge in [0.25, 0.3) is 0 Å². The average Bonchev–Trinajstić information content (AvgIpc) is 2.76. The van der Waals surface area contributed by atoms with Crippen LogP contribution in [0, 0.1) is 11.2 Å². The highest BCUT2D eigenvalue weighted by atomic mass is 19.1. The molecular weight excluding hydrogens is 265 g/mol. The number of imidazole rings is 1. The first-order chi connectivity index (χ1) is 10.2. The van der Waals surface area contributed by atoms with Gasteiger partial charge in [-0.15, -0.1) is 6.58 Å². The summed E-state index contributed by atoms with van der Waals surface area (Å²) in [6.07, 6.45) is 1.78. The second kappa shape index (κ2) is 5.40. The molecule has 0 atom stereocenters. The number of rotatable bonds is 4. The van der Waals surface area contributed by atoms with E-state index in [1.165, 1.54) is 12.1 Å². The van der Waals surface area contributed by atoms with Gasteiger partial charge in [-0.25, -0.2) is 4.39 Å². The van der Waals surface area contributed by atoms with Gasteiger partial charge in [0.2, 0.25) is 5.62 Å². The number of fused-ring (bicyclic) bond motifs is 1. The molecule has 0 aliphatic rings. The predicted octanol–water partition coefficient (Wildman–Crippen LogP) is 3.30. The number of halogens is 1. The number of nitrogens with one attached hydrogen (secondary N) is 1. The van der Waals surface area contributed by atoms with Crippen LogP contribution in [0.4, 0.5) is 4.39 Å². The first-order valence-corrected chi connectivity index (χ1v) is 6.78. The Hall–Kier alpha value is -2.62. The van der Waals surface area contributed by atoms with Crippen LogP contribution in [0.25, 0.3) is 11.0 Å². The third-order valence-corrected chi connectivity index (χ3v) is 3.54. The van der Waals surface area contributed by atoms with Crippen LogP contribution in [0.5, 0.6) is 0 Å². The van der Waals surface area contributed by atoms with Crippen LogP contribution in [0.3, 0.4) is 0 Å². The van der Waals surface area contributed by atoms with Crippen LogP contribution in [-0.2, 0) is 13.1 Å². The highest BCUT2D eigenvalue weighted by Gasteiger charge is 2.09. The first kappa shape index (κ1) is 13.4. The normalized spacial score (nSPS) is 10.9. The van der Waals surface area contributed by atoms with E-state index >= 15 is 0 Å². The number of hydrogen-bond donors (Lipinski definition) is 1. The molecule has 0 unspecified atom stereocenters. The minimum Gasteiger partial charge on any atom is -0.307 e. The van der Waals surface area contributed by atoms with Gasteiger partial charge >= 0.3 is 0 Å². The number of allylic oxidation sites excluding steroid dienone is 1. The van der Waals surface area contributed by atoms with Gasteiger partial charge < -0.3 is 9.13 Å². The highest BCUT2D eigenvalue weighted by Crippen LogP contribution is 2.14. The second-order valence-electron chi connectivity index (χ2n) is 4.92. The Labute approximate surface area is 122 Å². The zero-order valence-corrected chi connectivity index (χ0v) is 11.6. The van der Waals surface area contributed by atoms with E-state index in [9.17, 15) is 4.39 Å². The van der Waals surface area contributed by atoms with E-state index < -0.39 is 0 Å². The summed E-state index contributed by atoms with van der Waals surface area (Å²) in [4.78, 5) is 0. The SMILES string of the molecule is C=CCn1c(=N)n(Cc2ccc(F)cc2)c2ccccc21. The summed E-state index contributed by atoms with van der Waals surface area (Å²) < 4.78 is 16.8. The minimum atomic E-state index is -0.246. The lowest BCUT2D eigenvalue weighted by atomic mass is 10.2. The van der Waals surface area contributed by atoms with Crippen molar-refractivity contribution in [2.45, 2.75) is 13.1 Å². The molecule has 0 saturated carbocycles. The topological polar surface area (TPSA) is 33.7 Å². The molecule has 0 radical (unpaired) electrons. The summed E-state index contributed by atoms with van der Waals surface area (Å²) >= 11 is 0. The molecule has 1 heterocycles. The van der Waals surface area contributed by atoms with E-state index in [2.05, 4.69) is 6.58 Å². The number of nitrogens with zero attached hydrogens (tertiary/aromatic N) is 2. The molecule has 21 heavy (non-hydrogen) atoms. The van der Waals surface area contributed by atoms with Crippen LogP contribution in [0.15, 0.2) is 61.2 Å². The molecule has 1 N–H and O–H groups in total. The first-order valence-electron chi connectivity index (χ1n) is 6.78. The fraction of sp³-hybridized carbons (Fsp3) is 0.118. The third-order valence-electron chi connectivity index (χ3n) is 3.54. The van der Waals surface area contributed by atoms with Crippen molar-refractivity contribution in [3.8, 4) is 0 Å². The predicted molar refractivity (Wildman–Crippen MR) is 81.5 cm³/mol. The van der Waals surface area contributed by atoms with Gasteiger partial charge in [-0.3, -0.25) is 5.41 Å². The van der Waals surface area contributed by atoms with E-state index in [0.717, 1.165) is 16.6 Å². The quantitative estimate of drug-likeness (QED) is 0.712. The Morgan fingerprint density at radius 3 is 2.24 bits per heavy atom. The fourth-order valence-corrected chi connectivity index (χ4v) is 2.54. The zero-order chi connectivity index (χ0) is 14.8. The van der Waals surface area contributed by atoms with Crippen LogP contribution < -0.4 is 5.62 Å². The highest BCUT2D eigenvalue weighted by molar-refractivity contribution is 5.76. The fourth-order valence-electron chi connectivity index (χ4n) is 2.54. The molecular formula is C17H16FN3. The van der Waals surface area contributed by atoms with Gasteiger partial charge in [-0.2, -0.15) is 0 Å². The standard InChI is InChI=1S/C17H16FN3/c1-2-11-20-15-5-3-4-6-16(15)21(17(20)19)12-13-7-9-14(18)10-8-13/h2-10,19H,1,11-12H2. The lowest BCUT2D eigenvalue weighted by Gasteiger charge is -2.04. The van der Waals surface area contributed by atoms with Crippen molar-refractivity contribution in [3.05, 3.63) is 78.2 Å². The van der Waals surface area contributed by atoms with Crippen LogP contribution in [-0.4, -0.2) is 9.13 Å². The zero-order valence-electron chi connectivity index (χ0n) is 11.6. The van der Waals surface area contributed by atoms with Crippen LogP contribution >= 0.6 is 0 Å². The Kier molecular flexibility index (Phi) is 3.44. The van der Waals surface area contributed by atoms with Crippen molar-refractivity contribution in [1.29, 1.82) is 5.41 Å². The van der Waals surface area contributed by atoms with Crippen molar-refractivity contribution < 1.29 is 4.39 Å². The molecule has 0 spiro atoms. The van der Waals surface area contributed by atoms with Crippen molar-refractivity contribution in [2.24, 2.45) is 0 Å². The summed E-state index contributed by atoms with van der Waals surface area (Å²) in [7, 11) is 0. The molecule has 3 rings (SSSR count). The van der Waals surface area contributed by atoms with Crippen molar-refractivity contribution >= 4 is 11.0 Å². The molecule has 2 aromatic carbocycles. The number of hydrogen-bond acceptors (Lipinski definition) is 1. The molecule has 0 bridgehead atoms. The van der Waals surface area contributed by atoms with Crippen molar-refractivity contribution in [3.63, 3.8) is 0 Å². The van der Waals surface area contributed by atoms with E-state index in [-0.39, 0.29) is 5.82 Å². The minimum absolute atomic E-state index is 0.246. The number of para-hydroxylation sites is 2. The molecule has 3 aromatic rings. The smallest absolute Gasteiger partial charge is 0.203 e. The molecule has 0 fully saturated rings. The van der Waals surface area contributed by atoms with Gasteiger partial charge in [-0.05, 0) is 29.8 Å². The summed E-state index contributed by atoms with van der Waals surface area (Å²) in [5.74, 6) is -0.246. The van der Waals surface area contributed by atoms with Gasteiger partial charge in [-0.1, -0.05) is 30.3 Å². The van der Waals surface area contributed by atoms with E-state index in [0.29, 0.717) is 18.7 Å². The van der Waals surface area contributed by atoms with Gasteiger partial charge in [0.15, 0.2) is 0 Å². The monoisotopic (exact) mass is 281 g/mol. The Morgan fingerprint density at radius 1 is 1.00 bits per heavy atom. The Bertz CT molecular complexity index is 841. The molecule has 1 aromatic heterocycles. The summed E-state index contributed by atoms with van der Waals surface area (Å²) in [5, 5.41) is 8.37. The third kappa shape index (κ3) is 2.40. The molecule has 0 aliphatic heterocycles. The van der Waals surface area contributed by atoms with Gasteiger partial charge in [0.05, 0.1) is 17.6 Å². The molecule has 106 valence electrons. The van der Waals surface area contributed by atoms with E-state index in [4.69, 9.17) is 5.41 Å². The maximum absolute atomic E-state index is 13.0. The van der Waals surface area contributed by atoms with Gasteiger partial charge in [0, 0.05) is 6.54 Å². The Balaban J connectivity index is 2.13. The maximum Gasteiger partial charge on any atom is 0.203 e. The second-order valence-corrected chi connectivity index (χ2v) is 4.92. The molecule has 0 amide bonds. The lowest BCUT2D eigenvalue weighted by molar-refractivity contribution is 0.625. The van der Waals surface area contributed by atoms with Crippen LogP contribution in [0.1, 0.15) is 5.56 Å². The number of aromatic nitrogens is 2. The Morgan fingerprint density at radius 2 is 1.62 bits per heavy atom. The summed E-state index contributed by atoms with van der Waals surface area (Å²) in [5.41, 5.74) is 3.38. The average molecular weight is 281 g/mol. The summed E-state index contributed by atoms with van der Waals surface area (Å²) in [6.45, 7) is 4.89. The molecule has 0 saturated heterocycles. The van der Waals surface area contributed by atoms with Crippen molar-refractivity contribution in [1.82, 2.24) is 9.13 Å². The maximum atomic E-state index is 13.0.